The van der Waals surface area contributed by atoms with Gasteiger partial charge in [0.2, 0.25) is 0 Å². The van der Waals surface area contributed by atoms with Crippen LogP contribution in [0.25, 0.3) is 0 Å². The Morgan fingerprint density at radius 2 is 1.24 bits per heavy atom. The fourth-order valence-corrected chi connectivity index (χ4v) is 1.89. The lowest BCUT2D eigenvalue weighted by Gasteiger charge is -2.22. The van der Waals surface area contributed by atoms with Crippen LogP contribution in [-0.4, -0.2) is 40.6 Å². The minimum absolute atomic E-state index is 0.0841. The van der Waals surface area contributed by atoms with Crippen molar-refractivity contribution in [3.8, 4) is 0 Å². The Balaban J connectivity index is 3.05. The van der Waals surface area contributed by atoms with Crippen molar-refractivity contribution in [2.45, 2.75) is 52.7 Å². The number of ether oxygens (including phenoxy) is 2. The van der Waals surface area contributed by atoms with Crippen LogP contribution in [-0.2, 0) is 9.47 Å². The molecule has 0 aliphatic heterocycles. The first-order chi connectivity index (χ1) is 11.3. The Morgan fingerprint density at radius 1 is 0.880 bits per heavy atom. The minimum atomic E-state index is -1.93. The highest BCUT2D eigenvalue weighted by Crippen LogP contribution is 2.17. The Hall–Kier alpha value is -2.26. The summed E-state index contributed by atoms with van der Waals surface area (Å²) in [6.07, 6.45) is -1.52. The summed E-state index contributed by atoms with van der Waals surface area (Å²) in [6, 6.07) is 4.45. The quantitative estimate of drug-likeness (QED) is 0.619. The van der Waals surface area contributed by atoms with Gasteiger partial charge in [-0.25, -0.2) is 9.59 Å². The number of anilines is 2. The van der Waals surface area contributed by atoms with E-state index in [-0.39, 0.29) is 16.8 Å². The first kappa shape index (κ1) is 20.8. The van der Waals surface area contributed by atoms with Crippen molar-refractivity contribution in [1.82, 2.24) is 0 Å². The van der Waals surface area contributed by atoms with Gasteiger partial charge in [0, 0.05) is 16.8 Å². The van der Waals surface area contributed by atoms with Crippen molar-refractivity contribution in [2.24, 2.45) is 0 Å². The molecule has 1 rings (SSSR count). The molecule has 25 heavy (non-hydrogen) atoms. The Kier molecular flexibility index (Phi) is 6.45. The number of benzene rings is 1. The van der Waals surface area contributed by atoms with E-state index in [2.05, 4.69) is 10.6 Å². The van der Waals surface area contributed by atoms with E-state index in [1.54, 1.807) is 41.5 Å². The highest BCUT2D eigenvalue weighted by Gasteiger charge is 2.25. The van der Waals surface area contributed by atoms with Crippen molar-refractivity contribution in [3.05, 3.63) is 18.2 Å². The number of amides is 2. The van der Waals surface area contributed by atoms with Gasteiger partial charge in [-0.15, -0.1) is 0 Å². The zero-order valence-electron chi connectivity index (χ0n) is 15.3. The normalized spacial score (nSPS) is 11.5. The third kappa shape index (κ3) is 7.44. The molecule has 138 valence electrons. The van der Waals surface area contributed by atoms with Crippen molar-refractivity contribution < 1.29 is 29.1 Å². The summed E-state index contributed by atoms with van der Waals surface area (Å²) in [5.41, 5.74) is -1.32. The third-order valence-corrected chi connectivity index (χ3v) is 2.64. The maximum absolute atomic E-state index is 11.9. The summed E-state index contributed by atoms with van der Waals surface area (Å²) in [5.74, 6) is 0. The van der Waals surface area contributed by atoms with Crippen LogP contribution in [0.2, 0.25) is 0 Å². The monoisotopic (exact) mass is 352 g/mol. The lowest BCUT2D eigenvalue weighted by atomic mass is 9.77. The van der Waals surface area contributed by atoms with Gasteiger partial charge in [0.05, 0.1) is 0 Å². The zero-order chi connectivity index (χ0) is 19.4. The number of hydrogen-bond acceptors (Lipinski definition) is 6. The Morgan fingerprint density at radius 3 is 1.52 bits per heavy atom. The van der Waals surface area contributed by atoms with E-state index < -0.39 is 30.5 Å². The van der Waals surface area contributed by atoms with E-state index in [4.69, 9.17) is 9.47 Å². The summed E-state index contributed by atoms with van der Waals surface area (Å²) in [4.78, 5) is 23.8. The number of hydrogen-bond donors (Lipinski definition) is 4. The summed E-state index contributed by atoms with van der Waals surface area (Å²) < 4.78 is 10.3. The van der Waals surface area contributed by atoms with Crippen LogP contribution in [0.5, 0.6) is 0 Å². The molecule has 0 atom stereocenters. The van der Waals surface area contributed by atoms with Crippen LogP contribution >= 0.6 is 0 Å². The third-order valence-electron chi connectivity index (χ3n) is 2.64. The van der Waals surface area contributed by atoms with Gasteiger partial charge in [0.25, 0.3) is 0 Å². The molecule has 0 aliphatic rings. The second-order valence-electron chi connectivity index (χ2n) is 7.39. The highest BCUT2D eigenvalue weighted by atomic mass is 16.6. The average Bonchev–Trinajstić information content (AvgIpc) is 2.33. The van der Waals surface area contributed by atoms with Gasteiger partial charge in [-0.2, -0.15) is 0 Å². The molecule has 0 aromatic heterocycles. The first-order valence-electron chi connectivity index (χ1n) is 7.77. The maximum Gasteiger partial charge on any atom is 0.492 e. The standard InChI is InChI=1S/C16H25BN2O6/c1-15(2,3)24-13(20)18-10-8-7-9-11(12(10)17(22)23)19-14(21)25-16(4,5)6/h7-9,22-23H,1-6H3,(H,18,20)(H,19,21). The predicted molar refractivity (Wildman–Crippen MR) is 96.0 cm³/mol. The van der Waals surface area contributed by atoms with Crippen molar-refractivity contribution in [3.63, 3.8) is 0 Å². The fourth-order valence-electron chi connectivity index (χ4n) is 1.89. The predicted octanol–water partition coefficient (Wildman–Crippen LogP) is 2.06. The highest BCUT2D eigenvalue weighted by molar-refractivity contribution is 6.63. The van der Waals surface area contributed by atoms with Crippen LogP contribution in [0.4, 0.5) is 21.0 Å². The second-order valence-corrected chi connectivity index (χ2v) is 7.39. The molecule has 0 spiro atoms. The molecule has 2 amide bonds. The largest absolute Gasteiger partial charge is 0.492 e. The topological polar surface area (TPSA) is 117 Å². The molecule has 0 aliphatic carbocycles. The van der Waals surface area contributed by atoms with E-state index in [9.17, 15) is 19.6 Å². The Labute approximate surface area is 147 Å². The molecule has 0 saturated heterocycles. The van der Waals surface area contributed by atoms with E-state index >= 15 is 0 Å². The van der Waals surface area contributed by atoms with E-state index in [1.165, 1.54) is 18.2 Å². The van der Waals surface area contributed by atoms with Gasteiger partial charge in [-0.05, 0) is 53.7 Å². The van der Waals surface area contributed by atoms with Gasteiger partial charge in [0.15, 0.2) is 0 Å². The molecule has 1 aromatic carbocycles. The smallest absolute Gasteiger partial charge is 0.444 e. The number of carbonyl (C=O) groups excluding carboxylic acids is 2. The van der Waals surface area contributed by atoms with Crippen LogP contribution < -0.4 is 16.1 Å². The van der Waals surface area contributed by atoms with Crippen molar-refractivity contribution in [2.75, 3.05) is 10.6 Å². The van der Waals surface area contributed by atoms with Gasteiger partial charge in [-0.1, -0.05) is 6.07 Å². The van der Waals surface area contributed by atoms with Gasteiger partial charge in [-0.3, -0.25) is 10.6 Å². The molecule has 0 heterocycles. The lowest BCUT2D eigenvalue weighted by Crippen LogP contribution is -2.38. The minimum Gasteiger partial charge on any atom is -0.444 e. The molecule has 0 saturated carbocycles. The summed E-state index contributed by atoms with van der Waals surface area (Å²) >= 11 is 0. The molecular formula is C16H25BN2O6. The first-order valence-corrected chi connectivity index (χ1v) is 7.77. The molecule has 9 heteroatoms. The molecule has 0 unspecified atom stereocenters. The lowest BCUT2D eigenvalue weighted by molar-refractivity contribution is 0.0625. The van der Waals surface area contributed by atoms with Crippen LogP contribution in [0.15, 0.2) is 18.2 Å². The zero-order valence-corrected chi connectivity index (χ0v) is 15.3. The van der Waals surface area contributed by atoms with Crippen molar-refractivity contribution in [1.29, 1.82) is 0 Å². The maximum atomic E-state index is 11.9. The summed E-state index contributed by atoms with van der Waals surface area (Å²) in [7, 11) is -1.93. The van der Waals surface area contributed by atoms with Crippen LogP contribution in [0.3, 0.4) is 0 Å². The SMILES string of the molecule is CC(C)(C)OC(=O)Nc1cccc(NC(=O)OC(C)(C)C)c1B(O)O. The summed E-state index contributed by atoms with van der Waals surface area (Å²) in [5, 5.41) is 24.2. The van der Waals surface area contributed by atoms with Gasteiger partial charge >= 0.3 is 19.3 Å². The number of rotatable bonds is 3. The molecule has 0 fully saturated rings. The van der Waals surface area contributed by atoms with E-state index in [0.717, 1.165) is 0 Å². The molecule has 0 radical (unpaired) electrons. The molecule has 1 aromatic rings. The van der Waals surface area contributed by atoms with E-state index in [0.29, 0.717) is 0 Å². The van der Waals surface area contributed by atoms with E-state index in [1.807, 2.05) is 0 Å². The second kappa shape index (κ2) is 7.75. The van der Waals surface area contributed by atoms with Crippen LogP contribution in [0.1, 0.15) is 41.5 Å². The molecular weight excluding hydrogens is 327 g/mol. The van der Waals surface area contributed by atoms with Gasteiger partial charge < -0.3 is 19.5 Å². The molecule has 8 nitrogen and oxygen atoms in total. The molecule has 0 bridgehead atoms. The summed E-state index contributed by atoms with van der Waals surface area (Å²) in [6.45, 7) is 10.2. The Bertz CT molecular complexity index is 586. The number of nitrogens with one attached hydrogen (secondary N) is 2. The molecule has 4 N–H and O–H groups in total. The van der Waals surface area contributed by atoms with Crippen molar-refractivity contribution >= 4 is 36.1 Å². The van der Waals surface area contributed by atoms with Crippen LogP contribution in [0, 0.1) is 0 Å². The number of carbonyl (C=O) groups is 2. The van der Waals surface area contributed by atoms with Gasteiger partial charge in [0.1, 0.15) is 11.2 Å². The fraction of sp³-hybridized carbons (Fsp3) is 0.500. The average molecular weight is 352 g/mol.